The van der Waals surface area contributed by atoms with Crippen molar-refractivity contribution in [3.05, 3.63) is 35.6 Å². The van der Waals surface area contributed by atoms with Crippen molar-refractivity contribution in [2.75, 3.05) is 0 Å². The highest BCUT2D eigenvalue weighted by Gasteiger charge is 2.33. The van der Waals surface area contributed by atoms with Gasteiger partial charge in [0.05, 0.1) is 0 Å². The van der Waals surface area contributed by atoms with Crippen LogP contribution in [0.4, 0.5) is 4.39 Å². The molecular weight excluding hydrogens is 353 g/mol. The zero-order valence-corrected chi connectivity index (χ0v) is 15.2. The van der Waals surface area contributed by atoms with Crippen molar-refractivity contribution >= 4 is 23.5 Å². The lowest BCUT2D eigenvalue weighted by Crippen LogP contribution is -2.56. The Bertz CT molecular complexity index is 720. The summed E-state index contributed by atoms with van der Waals surface area (Å²) in [6.07, 6.45) is 2.04. The summed E-state index contributed by atoms with van der Waals surface area (Å²) in [5, 5.41) is 5.12. The van der Waals surface area contributed by atoms with E-state index in [4.69, 9.17) is 5.73 Å². The highest BCUT2D eigenvalue weighted by atomic mass is 19.1. The van der Waals surface area contributed by atoms with Gasteiger partial charge >= 0.3 is 0 Å². The Morgan fingerprint density at radius 3 is 2.44 bits per heavy atom. The zero-order valence-electron chi connectivity index (χ0n) is 15.2. The van der Waals surface area contributed by atoms with Gasteiger partial charge in [-0.2, -0.15) is 0 Å². The fraction of sp³-hybridized carbons (Fsp3) is 0.474. The topological polar surface area (TPSA) is 118 Å². The summed E-state index contributed by atoms with van der Waals surface area (Å²) in [5.41, 5.74) is 6.08. The van der Waals surface area contributed by atoms with Crippen molar-refractivity contribution in [3.8, 4) is 0 Å². The van der Waals surface area contributed by atoms with Crippen molar-refractivity contribution in [1.29, 1.82) is 0 Å². The Labute approximate surface area is 156 Å². The van der Waals surface area contributed by atoms with E-state index in [1.165, 1.54) is 31.2 Å². The maximum Gasteiger partial charge on any atom is 0.243 e. The van der Waals surface area contributed by atoms with Crippen LogP contribution < -0.4 is 16.4 Å². The van der Waals surface area contributed by atoms with E-state index < -0.39 is 35.6 Å². The first-order chi connectivity index (χ1) is 12.8. The van der Waals surface area contributed by atoms with E-state index in [2.05, 4.69) is 10.6 Å². The van der Waals surface area contributed by atoms with Crippen LogP contribution in [0, 0.1) is 11.7 Å². The molecule has 1 aromatic carbocycles. The van der Waals surface area contributed by atoms with Gasteiger partial charge in [-0.1, -0.05) is 12.1 Å². The van der Waals surface area contributed by atoms with Gasteiger partial charge in [0, 0.05) is 26.2 Å². The molecule has 1 aliphatic rings. The van der Waals surface area contributed by atoms with Crippen LogP contribution in [-0.2, 0) is 25.6 Å². The predicted octanol–water partition coefficient (Wildman–Crippen LogP) is 0.602. The minimum absolute atomic E-state index is 0.0384. The number of nitrogens with one attached hydrogen (secondary N) is 2. The maximum absolute atomic E-state index is 13.1. The van der Waals surface area contributed by atoms with Crippen molar-refractivity contribution < 1.29 is 23.6 Å². The molecule has 1 fully saturated rings. The molecule has 0 heterocycles. The highest BCUT2D eigenvalue weighted by Crippen LogP contribution is 2.24. The number of carbonyl (C=O) groups excluding carboxylic acids is 4. The molecule has 0 aliphatic heterocycles. The smallest absolute Gasteiger partial charge is 0.243 e. The van der Waals surface area contributed by atoms with Crippen LogP contribution in [-0.4, -0.2) is 35.6 Å². The second-order valence-electron chi connectivity index (χ2n) is 6.87. The summed E-state index contributed by atoms with van der Waals surface area (Å²) >= 11 is 0. The Morgan fingerprint density at radius 2 is 1.89 bits per heavy atom. The molecule has 0 bridgehead atoms. The number of amides is 3. The van der Waals surface area contributed by atoms with Gasteiger partial charge in [-0.3, -0.25) is 19.2 Å². The van der Waals surface area contributed by atoms with E-state index >= 15 is 0 Å². The minimum atomic E-state index is -0.980. The number of Topliss-reactive ketones (excluding diaryl/α,β-unsaturated/α-hetero) is 1. The minimum Gasteiger partial charge on any atom is -0.368 e. The molecule has 1 aliphatic carbocycles. The quantitative estimate of drug-likeness (QED) is 0.645. The van der Waals surface area contributed by atoms with Gasteiger partial charge in [0.15, 0.2) is 0 Å². The molecule has 3 atom stereocenters. The van der Waals surface area contributed by atoms with Gasteiger partial charge in [-0.15, -0.1) is 0 Å². The van der Waals surface area contributed by atoms with Gasteiger partial charge in [-0.25, -0.2) is 4.39 Å². The van der Waals surface area contributed by atoms with Gasteiger partial charge in [0.1, 0.15) is 23.7 Å². The maximum atomic E-state index is 13.1. The van der Waals surface area contributed by atoms with Crippen LogP contribution in [0.1, 0.15) is 38.2 Å². The summed E-state index contributed by atoms with van der Waals surface area (Å²) in [6.45, 7) is 1.27. The molecule has 0 unspecified atom stereocenters. The van der Waals surface area contributed by atoms with E-state index in [9.17, 15) is 23.6 Å². The molecule has 0 spiro atoms. The second kappa shape index (κ2) is 9.25. The molecule has 3 amide bonds. The number of hydrogen-bond donors (Lipinski definition) is 3. The second-order valence-corrected chi connectivity index (χ2v) is 6.87. The highest BCUT2D eigenvalue weighted by molar-refractivity contribution is 5.92. The molecule has 0 radical (unpaired) electrons. The standard InChI is InChI=1S/C19H24FN3O4/c1-11(24)22-16(9-12-5-7-14(20)8-6-12)19(27)23-17(18(21)26)13-3-2-4-15(25)10-13/h5-8,13,16-17H,2-4,9-10H2,1H3,(H2,21,26)(H,22,24)(H,23,27)/t13-,16-,17+/m1/s1. The number of ketones is 1. The first-order valence-corrected chi connectivity index (χ1v) is 8.89. The average Bonchev–Trinajstić information content (AvgIpc) is 2.60. The number of nitrogens with two attached hydrogens (primary N) is 1. The molecule has 2 rings (SSSR count). The molecule has 146 valence electrons. The zero-order chi connectivity index (χ0) is 20.0. The van der Waals surface area contributed by atoms with Crippen LogP contribution in [0.2, 0.25) is 0 Å². The molecule has 7 nitrogen and oxygen atoms in total. The van der Waals surface area contributed by atoms with Gasteiger partial charge in [0.2, 0.25) is 17.7 Å². The van der Waals surface area contributed by atoms with E-state index in [1.54, 1.807) is 0 Å². The number of benzene rings is 1. The van der Waals surface area contributed by atoms with Crippen LogP contribution in [0.5, 0.6) is 0 Å². The number of primary amides is 1. The van der Waals surface area contributed by atoms with Crippen LogP contribution in [0.15, 0.2) is 24.3 Å². The Balaban J connectivity index is 2.12. The monoisotopic (exact) mass is 377 g/mol. The summed E-state index contributed by atoms with van der Waals surface area (Å²) in [7, 11) is 0. The number of halogens is 1. The lowest BCUT2D eigenvalue weighted by Gasteiger charge is -2.29. The molecule has 1 saturated carbocycles. The average molecular weight is 377 g/mol. The van der Waals surface area contributed by atoms with E-state index in [-0.39, 0.29) is 24.5 Å². The predicted molar refractivity (Wildman–Crippen MR) is 95.8 cm³/mol. The summed E-state index contributed by atoms with van der Waals surface area (Å²) in [5.74, 6) is -2.42. The number of carbonyl (C=O) groups is 4. The van der Waals surface area contributed by atoms with Gasteiger partial charge < -0.3 is 16.4 Å². The van der Waals surface area contributed by atoms with E-state index in [0.29, 0.717) is 24.8 Å². The Kier molecular flexibility index (Phi) is 7.04. The normalized spacial score (nSPS) is 19.0. The third kappa shape index (κ3) is 6.16. The molecular formula is C19H24FN3O4. The van der Waals surface area contributed by atoms with Crippen molar-refractivity contribution in [3.63, 3.8) is 0 Å². The SMILES string of the molecule is CC(=O)N[C@H](Cc1ccc(F)cc1)C(=O)N[C@H](C(N)=O)[C@@H]1CCCC(=O)C1. The summed E-state index contributed by atoms with van der Waals surface area (Å²) in [4.78, 5) is 47.7. The lowest BCUT2D eigenvalue weighted by molar-refractivity contribution is -0.132. The van der Waals surface area contributed by atoms with Crippen LogP contribution >= 0.6 is 0 Å². The third-order valence-corrected chi connectivity index (χ3v) is 4.64. The van der Waals surface area contributed by atoms with Gasteiger partial charge in [-0.05, 0) is 36.5 Å². The molecule has 1 aromatic rings. The van der Waals surface area contributed by atoms with Gasteiger partial charge in [0.25, 0.3) is 0 Å². The van der Waals surface area contributed by atoms with E-state index in [0.717, 1.165) is 0 Å². The lowest BCUT2D eigenvalue weighted by atomic mass is 9.82. The molecule has 0 saturated heterocycles. The fourth-order valence-electron chi connectivity index (χ4n) is 3.33. The first kappa shape index (κ1) is 20.5. The largest absolute Gasteiger partial charge is 0.368 e. The van der Waals surface area contributed by atoms with Crippen LogP contribution in [0.3, 0.4) is 0 Å². The Hall–Kier alpha value is -2.77. The Morgan fingerprint density at radius 1 is 1.22 bits per heavy atom. The van der Waals surface area contributed by atoms with Crippen LogP contribution in [0.25, 0.3) is 0 Å². The summed E-state index contributed by atoms with van der Waals surface area (Å²) < 4.78 is 13.1. The number of rotatable bonds is 7. The molecule has 8 heteroatoms. The molecule has 0 aromatic heterocycles. The third-order valence-electron chi connectivity index (χ3n) is 4.64. The first-order valence-electron chi connectivity index (χ1n) is 8.89. The van der Waals surface area contributed by atoms with E-state index in [1.807, 2.05) is 0 Å². The summed E-state index contributed by atoms with van der Waals surface area (Å²) in [6, 6.07) is 3.63. The fourth-order valence-corrected chi connectivity index (χ4v) is 3.33. The van der Waals surface area contributed by atoms with Crippen molar-refractivity contribution in [1.82, 2.24) is 10.6 Å². The molecule has 27 heavy (non-hydrogen) atoms. The number of hydrogen-bond acceptors (Lipinski definition) is 4. The van der Waals surface area contributed by atoms with Crippen molar-refractivity contribution in [2.24, 2.45) is 11.7 Å². The van der Waals surface area contributed by atoms with Crippen molar-refractivity contribution in [2.45, 2.75) is 51.1 Å². The molecule has 4 N–H and O–H groups in total.